The minimum atomic E-state index is -4.81. The van der Waals surface area contributed by atoms with Crippen LogP contribution in [0, 0.1) is 5.92 Å². The van der Waals surface area contributed by atoms with Crippen LogP contribution in [0.25, 0.3) is 0 Å². The van der Waals surface area contributed by atoms with Gasteiger partial charge in [-0.1, -0.05) is 35.3 Å². The first-order valence-corrected chi connectivity index (χ1v) is 15.6. The lowest BCUT2D eigenvalue weighted by Crippen LogP contribution is -2.46. The Morgan fingerprint density at radius 2 is 1.72 bits per heavy atom. The SMILES string of the molecule is COC(=O)C1CCC(n2c(N[C@@H](C)c3ccc(OC(F)(F)F)cc3)nc3c(c2=O)C[C@@H](C)N(C(=O)c2ccc(Cl)c(Cl)c2)C3)CC1. The largest absolute Gasteiger partial charge is 0.573 e. The average molecular weight is 682 g/mol. The number of esters is 1. The highest BCUT2D eigenvalue weighted by atomic mass is 35.5. The molecule has 2 atom stereocenters. The predicted octanol–water partition coefficient (Wildman–Crippen LogP) is 7.11. The summed E-state index contributed by atoms with van der Waals surface area (Å²) in [4.78, 5) is 46.4. The number of carbonyl (C=O) groups excluding carboxylic acids is 2. The zero-order chi connectivity index (χ0) is 33.3. The maximum absolute atomic E-state index is 14.2. The minimum Gasteiger partial charge on any atom is -0.469 e. The fraction of sp³-hybridized carbons (Fsp3) is 0.438. The van der Waals surface area contributed by atoms with Gasteiger partial charge in [0.2, 0.25) is 5.95 Å². The van der Waals surface area contributed by atoms with E-state index in [1.54, 1.807) is 28.5 Å². The smallest absolute Gasteiger partial charge is 0.469 e. The third-order valence-electron chi connectivity index (χ3n) is 8.63. The predicted molar refractivity (Wildman–Crippen MR) is 166 cm³/mol. The van der Waals surface area contributed by atoms with E-state index in [0.717, 1.165) is 0 Å². The number of benzene rings is 2. The van der Waals surface area contributed by atoms with Crippen LogP contribution in [0.4, 0.5) is 19.1 Å². The highest BCUT2D eigenvalue weighted by molar-refractivity contribution is 6.42. The number of methoxy groups -OCH3 is 1. The Hall–Kier alpha value is -3.77. The van der Waals surface area contributed by atoms with Crippen molar-refractivity contribution in [1.29, 1.82) is 0 Å². The molecule has 2 aliphatic rings. The second-order valence-electron chi connectivity index (χ2n) is 11.7. The number of rotatable bonds is 7. The Kier molecular flexibility index (Phi) is 9.88. The zero-order valence-corrected chi connectivity index (χ0v) is 26.9. The Labute approximate surface area is 273 Å². The number of halogens is 5. The van der Waals surface area contributed by atoms with Crippen molar-refractivity contribution in [2.45, 2.75) is 77.0 Å². The maximum atomic E-state index is 14.2. The van der Waals surface area contributed by atoms with Crippen LogP contribution in [0.15, 0.2) is 47.3 Å². The highest BCUT2D eigenvalue weighted by Crippen LogP contribution is 2.35. The van der Waals surface area contributed by atoms with Gasteiger partial charge in [0.15, 0.2) is 0 Å². The van der Waals surface area contributed by atoms with Crippen LogP contribution in [0.3, 0.4) is 0 Å². The molecule has 1 amide bonds. The van der Waals surface area contributed by atoms with Gasteiger partial charge in [-0.05, 0) is 81.8 Å². The number of nitrogens with zero attached hydrogens (tertiary/aromatic N) is 3. The monoisotopic (exact) mass is 680 g/mol. The van der Waals surface area contributed by atoms with E-state index in [-0.39, 0.29) is 65.1 Å². The van der Waals surface area contributed by atoms with Crippen molar-refractivity contribution in [3.63, 3.8) is 0 Å². The molecule has 46 heavy (non-hydrogen) atoms. The lowest BCUT2D eigenvalue weighted by atomic mass is 9.85. The average Bonchev–Trinajstić information content (AvgIpc) is 3.01. The molecule has 2 aromatic carbocycles. The fourth-order valence-corrected chi connectivity index (χ4v) is 6.45. The summed E-state index contributed by atoms with van der Waals surface area (Å²) in [5.74, 6) is -0.899. The molecule has 1 fully saturated rings. The highest BCUT2D eigenvalue weighted by Gasteiger charge is 2.35. The number of nitrogens with one attached hydrogen (secondary N) is 1. The van der Waals surface area contributed by atoms with Gasteiger partial charge in [0.25, 0.3) is 11.5 Å². The van der Waals surface area contributed by atoms with E-state index < -0.39 is 12.4 Å². The van der Waals surface area contributed by atoms with Gasteiger partial charge < -0.3 is 19.7 Å². The van der Waals surface area contributed by atoms with Gasteiger partial charge in [-0.2, -0.15) is 0 Å². The molecule has 246 valence electrons. The molecule has 1 aromatic heterocycles. The van der Waals surface area contributed by atoms with Crippen molar-refractivity contribution in [1.82, 2.24) is 14.5 Å². The second-order valence-corrected chi connectivity index (χ2v) is 12.5. The number of hydrogen-bond donors (Lipinski definition) is 1. The molecule has 1 aliphatic heterocycles. The number of hydrogen-bond acceptors (Lipinski definition) is 7. The third-order valence-corrected chi connectivity index (χ3v) is 9.37. The molecule has 0 bridgehead atoms. The molecule has 0 radical (unpaired) electrons. The lowest BCUT2D eigenvalue weighted by Gasteiger charge is -2.36. The van der Waals surface area contributed by atoms with E-state index in [4.69, 9.17) is 32.9 Å². The zero-order valence-electron chi connectivity index (χ0n) is 25.4. The van der Waals surface area contributed by atoms with Crippen LogP contribution in [-0.4, -0.2) is 45.8 Å². The van der Waals surface area contributed by atoms with Crippen molar-refractivity contribution in [3.8, 4) is 5.75 Å². The Morgan fingerprint density at radius 1 is 1.04 bits per heavy atom. The van der Waals surface area contributed by atoms with Crippen LogP contribution < -0.4 is 15.6 Å². The molecular weight excluding hydrogens is 648 g/mol. The molecule has 14 heteroatoms. The Morgan fingerprint density at radius 3 is 2.33 bits per heavy atom. The number of alkyl halides is 3. The first-order valence-electron chi connectivity index (χ1n) is 14.9. The molecular formula is C32H33Cl2F3N4O5. The maximum Gasteiger partial charge on any atom is 0.573 e. The van der Waals surface area contributed by atoms with Crippen molar-refractivity contribution >= 4 is 41.0 Å². The van der Waals surface area contributed by atoms with Crippen LogP contribution in [0.1, 0.15) is 78.8 Å². The molecule has 5 rings (SSSR count). The summed E-state index contributed by atoms with van der Waals surface area (Å²) in [6, 6.07) is 9.04. The Balaban J connectivity index is 1.48. The van der Waals surface area contributed by atoms with Crippen LogP contribution in [0.5, 0.6) is 5.75 Å². The minimum absolute atomic E-state index is 0.0767. The fourth-order valence-electron chi connectivity index (χ4n) is 6.15. The molecule has 1 saturated carbocycles. The molecule has 0 spiro atoms. The third kappa shape index (κ3) is 7.28. The van der Waals surface area contributed by atoms with Crippen LogP contribution in [-0.2, 0) is 22.5 Å². The van der Waals surface area contributed by atoms with Gasteiger partial charge in [-0.25, -0.2) is 4.98 Å². The van der Waals surface area contributed by atoms with Gasteiger partial charge in [0.05, 0.1) is 41.4 Å². The Bertz CT molecular complexity index is 1670. The van der Waals surface area contributed by atoms with Gasteiger partial charge in [0, 0.05) is 23.2 Å². The number of anilines is 1. The summed E-state index contributed by atoms with van der Waals surface area (Å²) in [7, 11) is 1.36. The number of amides is 1. The van der Waals surface area contributed by atoms with E-state index in [9.17, 15) is 27.6 Å². The second kappa shape index (κ2) is 13.5. The van der Waals surface area contributed by atoms with E-state index in [1.165, 1.54) is 37.4 Å². The molecule has 2 heterocycles. The van der Waals surface area contributed by atoms with Gasteiger partial charge in [-0.15, -0.1) is 13.2 Å². The standard InChI is InChI=1S/C32H33Cl2F3N4O5/c1-17-14-24-27(16-40(17)28(42)21-8-13-25(33)26(34)15-21)39-31(38-18(2)19-6-11-23(12-7-19)46-32(35,36)37)41(29(24)43)22-9-4-20(5-10-22)30(44)45-3/h6-8,11-13,15,17-18,20,22H,4-5,9-10,14,16H2,1-3H3,(H,38,39)/t17-,18+,20?,22?/m1/s1. The van der Waals surface area contributed by atoms with Gasteiger partial charge >= 0.3 is 12.3 Å². The lowest BCUT2D eigenvalue weighted by molar-refractivity contribution is -0.274. The first kappa shape index (κ1) is 33.6. The van der Waals surface area contributed by atoms with Crippen molar-refractivity contribution < 1.29 is 32.2 Å². The first-order chi connectivity index (χ1) is 21.8. The van der Waals surface area contributed by atoms with E-state index in [2.05, 4.69) is 10.1 Å². The normalized spacial score (nSPS) is 20.4. The van der Waals surface area contributed by atoms with E-state index in [1.807, 2.05) is 6.92 Å². The summed E-state index contributed by atoms with van der Waals surface area (Å²) < 4.78 is 48.6. The van der Waals surface area contributed by atoms with Crippen molar-refractivity contribution in [2.24, 2.45) is 5.92 Å². The summed E-state index contributed by atoms with van der Waals surface area (Å²) >= 11 is 12.2. The summed E-state index contributed by atoms with van der Waals surface area (Å²) in [6.07, 6.45) is -2.36. The van der Waals surface area contributed by atoms with Crippen LogP contribution in [0.2, 0.25) is 10.0 Å². The molecule has 0 saturated heterocycles. The summed E-state index contributed by atoms with van der Waals surface area (Å²) in [6.45, 7) is 3.74. The summed E-state index contributed by atoms with van der Waals surface area (Å²) in [5, 5.41) is 3.86. The van der Waals surface area contributed by atoms with E-state index in [0.29, 0.717) is 53.1 Å². The number of aromatic nitrogens is 2. The molecule has 9 nitrogen and oxygen atoms in total. The number of fused-ring (bicyclic) bond motifs is 1. The molecule has 3 aromatic rings. The quantitative estimate of drug-likeness (QED) is 0.265. The molecule has 1 N–H and O–H groups in total. The number of ether oxygens (including phenoxy) is 2. The molecule has 0 unspecified atom stereocenters. The van der Waals surface area contributed by atoms with Crippen LogP contribution >= 0.6 is 23.2 Å². The number of carbonyl (C=O) groups is 2. The van der Waals surface area contributed by atoms with Crippen molar-refractivity contribution in [3.05, 3.63) is 85.2 Å². The summed E-state index contributed by atoms with van der Waals surface area (Å²) in [5.41, 5.74) is 1.70. The van der Waals surface area contributed by atoms with Crippen molar-refractivity contribution in [2.75, 3.05) is 12.4 Å². The topological polar surface area (TPSA) is 103 Å². The van der Waals surface area contributed by atoms with Gasteiger partial charge in [-0.3, -0.25) is 19.0 Å². The van der Waals surface area contributed by atoms with E-state index >= 15 is 0 Å². The molecule has 1 aliphatic carbocycles. The van der Waals surface area contributed by atoms with Gasteiger partial charge in [0.1, 0.15) is 5.75 Å².